The molecule has 0 amide bonds. The van der Waals surface area contributed by atoms with Crippen LogP contribution in [0.3, 0.4) is 0 Å². The molecule has 0 bridgehead atoms. The Morgan fingerprint density at radius 3 is 2.44 bits per heavy atom. The highest BCUT2D eigenvalue weighted by molar-refractivity contribution is 7.93. The molecule has 1 heterocycles. The summed E-state index contributed by atoms with van der Waals surface area (Å²) in [6, 6.07) is 2.07. The first-order valence-electron chi connectivity index (χ1n) is 6.99. The summed E-state index contributed by atoms with van der Waals surface area (Å²) in [5, 5.41) is 8.38. The van der Waals surface area contributed by atoms with Gasteiger partial charge in [0.15, 0.2) is 0 Å². The number of benzene rings is 1. The Morgan fingerprint density at radius 1 is 1.48 bits per heavy atom. The molecule has 1 fully saturated rings. The number of ether oxygens (including phenoxy) is 1. The number of halogens is 2. The number of methoxy groups -OCH3 is 1. The Labute approximate surface area is 149 Å². The Balaban J connectivity index is 0.000000381. The molecule has 0 aliphatic carbocycles. The van der Waals surface area contributed by atoms with E-state index >= 15 is 0 Å². The number of nitrogens with zero attached hydrogens (tertiary/aromatic N) is 1. The second-order valence-electron chi connectivity index (χ2n) is 5.13. The normalized spacial score (nSPS) is 19.0. The summed E-state index contributed by atoms with van der Waals surface area (Å²) in [6.45, 7) is 5.23. The third-order valence-corrected chi connectivity index (χ3v) is 5.47. The van der Waals surface area contributed by atoms with Crippen LogP contribution in [0, 0.1) is 5.82 Å². The van der Waals surface area contributed by atoms with Gasteiger partial charge in [-0.2, -0.15) is 4.21 Å². The van der Waals surface area contributed by atoms with Crippen LogP contribution in [0.4, 0.5) is 10.1 Å². The van der Waals surface area contributed by atoms with Crippen LogP contribution in [0.25, 0.3) is 0 Å². The van der Waals surface area contributed by atoms with Crippen LogP contribution in [-0.2, 0) is 19.6 Å². The molecule has 0 radical (unpaired) electrons. The summed E-state index contributed by atoms with van der Waals surface area (Å²) < 4.78 is 40.3. The van der Waals surface area contributed by atoms with Gasteiger partial charge in [0.05, 0.1) is 23.4 Å². The van der Waals surface area contributed by atoms with E-state index in [-0.39, 0.29) is 24.0 Å². The van der Waals surface area contributed by atoms with Crippen molar-refractivity contribution < 1.29 is 32.2 Å². The smallest absolute Gasteiger partial charge is 0.368 e. The third kappa shape index (κ3) is 5.17. The van der Waals surface area contributed by atoms with E-state index in [2.05, 4.69) is 11.3 Å². The average molecular weight is 395 g/mol. The van der Waals surface area contributed by atoms with Gasteiger partial charge in [0.1, 0.15) is 11.6 Å². The molecular weight excluding hydrogens is 377 g/mol. The Hall–Kier alpha value is -2.13. The van der Waals surface area contributed by atoms with Gasteiger partial charge in [-0.1, -0.05) is 18.2 Å². The van der Waals surface area contributed by atoms with E-state index < -0.39 is 32.4 Å². The van der Waals surface area contributed by atoms with E-state index in [0.29, 0.717) is 12.0 Å². The molecule has 1 atom stereocenters. The van der Waals surface area contributed by atoms with Gasteiger partial charge in [0.25, 0.3) is 0 Å². The van der Waals surface area contributed by atoms with Crippen molar-refractivity contribution >= 4 is 39.3 Å². The summed E-state index contributed by atoms with van der Waals surface area (Å²) in [5.41, 5.74) is 0.0653. The summed E-state index contributed by atoms with van der Waals surface area (Å²) in [4.78, 5) is 21.1. The van der Waals surface area contributed by atoms with Gasteiger partial charge < -0.3 is 9.84 Å². The van der Waals surface area contributed by atoms with E-state index in [1.54, 1.807) is 6.92 Å². The minimum atomic E-state index is -3.23. The van der Waals surface area contributed by atoms with Crippen LogP contribution in [0.2, 0.25) is 5.02 Å². The van der Waals surface area contributed by atoms with Gasteiger partial charge in [0.2, 0.25) is 0 Å². The molecule has 0 saturated carbocycles. The Kier molecular flexibility index (Phi) is 6.95. The van der Waals surface area contributed by atoms with Crippen molar-refractivity contribution in [2.24, 2.45) is 0 Å². The second kappa shape index (κ2) is 8.30. The van der Waals surface area contributed by atoms with E-state index in [0.717, 1.165) is 16.4 Å². The molecule has 2 rings (SSSR count). The number of carbonyl (C=O) groups excluding carboxylic acids is 1. The predicted molar refractivity (Wildman–Crippen MR) is 92.1 cm³/mol. The van der Waals surface area contributed by atoms with E-state index in [1.165, 1.54) is 7.11 Å². The number of carbonyl (C=O) groups is 2. The van der Waals surface area contributed by atoms with Gasteiger partial charge in [0, 0.05) is 12.1 Å². The number of anilines is 1. The zero-order valence-corrected chi connectivity index (χ0v) is 15.2. The highest BCUT2D eigenvalue weighted by Crippen LogP contribution is 2.30. The SMILES string of the molecule is C=C(C)C(=O)OC.O=C(O)c1cc(N2CCCS2(=O)=[OH+])cc(F)c1Cl. The summed E-state index contributed by atoms with van der Waals surface area (Å²) in [5.74, 6) is -2.57. The fourth-order valence-electron chi connectivity index (χ4n) is 1.99. The molecule has 1 saturated heterocycles. The first kappa shape index (κ1) is 20.9. The van der Waals surface area contributed by atoms with E-state index in [9.17, 15) is 22.4 Å². The van der Waals surface area contributed by atoms with Crippen LogP contribution in [0.15, 0.2) is 24.3 Å². The first-order chi connectivity index (χ1) is 11.5. The maximum Gasteiger partial charge on any atom is 0.368 e. The molecule has 2 N–H and O–H groups in total. The van der Waals surface area contributed by atoms with Gasteiger partial charge in [-0.15, -0.1) is 0 Å². The molecule has 10 heteroatoms. The van der Waals surface area contributed by atoms with Crippen LogP contribution < -0.4 is 4.31 Å². The molecule has 1 aliphatic rings. The predicted octanol–water partition coefficient (Wildman–Crippen LogP) is 2.61. The molecule has 0 aromatic heterocycles. The van der Waals surface area contributed by atoms with Crippen molar-refractivity contribution in [3.05, 3.63) is 40.7 Å². The van der Waals surface area contributed by atoms with Crippen LogP contribution in [0.5, 0.6) is 0 Å². The molecule has 1 aromatic carbocycles. The van der Waals surface area contributed by atoms with Crippen molar-refractivity contribution in [2.45, 2.75) is 13.3 Å². The molecule has 7 nitrogen and oxygen atoms in total. The summed E-state index contributed by atoms with van der Waals surface area (Å²) in [7, 11) is -1.90. The van der Waals surface area contributed by atoms with Crippen molar-refractivity contribution in [1.29, 1.82) is 0 Å². The number of esters is 1. The zero-order valence-electron chi connectivity index (χ0n) is 13.6. The lowest BCUT2D eigenvalue weighted by Crippen LogP contribution is -2.25. The highest BCUT2D eigenvalue weighted by atomic mass is 35.5. The van der Waals surface area contributed by atoms with E-state index in [1.807, 2.05) is 0 Å². The third-order valence-electron chi connectivity index (χ3n) is 3.18. The maximum atomic E-state index is 13.5. The van der Waals surface area contributed by atoms with Crippen molar-refractivity contribution in [1.82, 2.24) is 0 Å². The fourth-order valence-corrected chi connectivity index (χ4v) is 3.76. The number of hydrogen-bond donors (Lipinski definition) is 1. The Morgan fingerprint density at radius 2 is 2.08 bits per heavy atom. The summed E-state index contributed by atoms with van der Waals surface area (Å²) >= 11 is 5.53. The highest BCUT2D eigenvalue weighted by Gasteiger charge is 2.34. The van der Waals surface area contributed by atoms with Crippen LogP contribution in [-0.4, -0.2) is 44.9 Å². The molecule has 138 valence electrons. The van der Waals surface area contributed by atoms with Crippen LogP contribution in [0.1, 0.15) is 23.7 Å². The number of carboxylic acid groups (broad SMARTS) is 1. The lowest BCUT2D eigenvalue weighted by molar-refractivity contribution is -0.136. The monoisotopic (exact) mass is 394 g/mol. The summed E-state index contributed by atoms with van der Waals surface area (Å²) in [6.07, 6.45) is 0.488. The number of aromatic carboxylic acids is 1. The second-order valence-corrected chi connectivity index (χ2v) is 7.57. The minimum Gasteiger partial charge on any atom is -0.478 e. The standard InChI is InChI=1S/C10H9ClFNO4S.C5H8O2/c11-9-7(10(14)15)4-6(5-8(9)12)13-2-1-3-18(13,16)17;1-4(2)5(6)7-3/h4-5H,1-3H2,(H,14,15);1H2,2-3H3/p+1. The van der Waals surface area contributed by atoms with Gasteiger partial charge in [-0.3, -0.25) is 0 Å². The molecule has 1 aliphatic heterocycles. The minimum absolute atomic E-state index is 0.0549. The van der Waals surface area contributed by atoms with Crippen molar-refractivity contribution in [2.75, 3.05) is 23.7 Å². The molecule has 25 heavy (non-hydrogen) atoms. The number of hydrogen-bond acceptors (Lipinski definition) is 4. The van der Waals surface area contributed by atoms with Crippen molar-refractivity contribution in [3.8, 4) is 0 Å². The lowest BCUT2D eigenvalue weighted by Gasteiger charge is -2.14. The number of rotatable bonds is 3. The quantitative estimate of drug-likeness (QED) is 0.482. The van der Waals surface area contributed by atoms with Gasteiger partial charge in [-0.05, 0) is 25.5 Å². The van der Waals surface area contributed by atoms with Crippen LogP contribution >= 0.6 is 11.6 Å². The Bertz CT molecular complexity index is 808. The molecule has 0 spiro atoms. The van der Waals surface area contributed by atoms with Gasteiger partial charge in [-0.25, -0.2) is 22.5 Å². The largest absolute Gasteiger partial charge is 0.478 e. The molecular formula is C15H18ClFNO6S+. The number of carboxylic acids is 1. The zero-order chi connectivity index (χ0) is 19.4. The lowest BCUT2D eigenvalue weighted by atomic mass is 10.2. The molecule has 1 aromatic rings. The van der Waals surface area contributed by atoms with E-state index in [4.69, 9.17) is 16.7 Å². The topological polar surface area (TPSA) is 105 Å². The van der Waals surface area contributed by atoms with Gasteiger partial charge >= 0.3 is 22.0 Å². The first-order valence-corrected chi connectivity index (χ1v) is 9.01. The fraction of sp³-hybridized carbons (Fsp3) is 0.333. The molecule has 1 unspecified atom stereocenters. The van der Waals surface area contributed by atoms with Crippen molar-refractivity contribution in [3.63, 3.8) is 0 Å². The maximum absolute atomic E-state index is 13.5. The average Bonchev–Trinajstić information content (AvgIpc) is 2.88.